The molecule has 0 aliphatic heterocycles. The molecule has 0 bridgehead atoms. The summed E-state index contributed by atoms with van der Waals surface area (Å²) in [6.07, 6.45) is 68.0. The monoisotopic (exact) mass is 846 g/mol. The zero-order valence-electron chi connectivity index (χ0n) is 41.3. The predicted octanol–water partition coefficient (Wildman–Crippen LogP) is 18.1. The molecule has 0 rings (SSSR count). The van der Waals surface area contributed by atoms with Gasteiger partial charge in [-0.2, -0.15) is 0 Å². The number of carbonyl (C=O) groups is 1. The first-order valence-electron chi connectivity index (χ1n) is 27.9. The van der Waals surface area contributed by atoms with Crippen LogP contribution in [0.15, 0.2) is 12.2 Å². The summed E-state index contributed by atoms with van der Waals surface area (Å²) in [5, 5.41) is 23.2. The Morgan fingerprint density at radius 2 is 0.617 bits per heavy atom. The van der Waals surface area contributed by atoms with Crippen molar-refractivity contribution in [1.29, 1.82) is 0 Å². The molecule has 3 N–H and O–H groups in total. The standard InChI is InChI=1S/C56H111NO3/c1-3-5-7-9-11-13-15-17-19-21-23-25-27-28-29-30-31-33-35-37-39-41-43-45-47-49-51-55(59)54(53-58)57-56(60)52-50-48-46-44-42-40-38-36-34-32-26-24-22-20-18-16-14-12-10-8-6-4-2/h49,51,54-55,58-59H,3-48,50,52-53H2,1-2H3,(H,57,60)/b51-49+. The summed E-state index contributed by atoms with van der Waals surface area (Å²) >= 11 is 0. The van der Waals surface area contributed by atoms with Crippen LogP contribution < -0.4 is 5.32 Å². The number of aliphatic hydroxyl groups is 2. The van der Waals surface area contributed by atoms with E-state index in [2.05, 4.69) is 19.2 Å². The SMILES string of the molecule is CCCCCCCCCCCCCCCCCCCCCCCCCC/C=C/C(O)C(CO)NC(=O)CCCCCCCCCCCCCCCCCCCCCCCC. The second-order valence-corrected chi connectivity index (χ2v) is 19.4. The van der Waals surface area contributed by atoms with E-state index in [0.717, 1.165) is 25.7 Å². The van der Waals surface area contributed by atoms with E-state index in [1.165, 1.54) is 276 Å². The van der Waals surface area contributed by atoms with E-state index in [-0.39, 0.29) is 12.5 Å². The highest BCUT2D eigenvalue weighted by atomic mass is 16.3. The maximum atomic E-state index is 12.5. The smallest absolute Gasteiger partial charge is 0.220 e. The third kappa shape index (κ3) is 48.2. The van der Waals surface area contributed by atoms with Gasteiger partial charge in [0.15, 0.2) is 0 Å². The van der Waals surface area contributed by atoms with E-state index in [9.17, 15) is 15.0 Å². The van der Waals surface area contributed by atoms with Gasteiger partial charge in [-0.25, -0.2) is 0 Å². The zero-order valence-corrected chi connectivity index (χ0v) is 41.3. The summed E-state index contributed by atoms with van der Waals surface area (Å²) in [7, 11) is 0. The van der Waals surface area contributed by atoms with E-state index in [1.54, 1.807) is 6.08 Å². The van der Waals surface area contributed by atoms with E-state index in [1.807, 2.05) is 6.08 Å². The molecule has 0 aromatic heterocycles. The maximum Gasteiger partial charge on any atom is 0.220 e. The van der Waals surface area contributed by atoms with E-state index < -0.39 is 12.1 Å². The molecule has 0 saturated heterocycles. The summed E-state index contributed by atoms with van der Waals surface area (Å²) in [5.74, 6) is -0.0558. The van der Waals surface area contributed by atoms with Crippen LogP contribution in [0, 0.1) is 0 Å². The van der Waals surface area contributed by atoms with Gasteiger partial charge in [-0.05, 0) is 19.3 Å². The van der Waals surface area contributed by atoms with Crippen LogP contribution in [-0.2, 0) is 4.79 Å². The third-order valence-electron chi connectivity index (χ3n) is 13.3. The Kier molecular flexibility index (Phi) is 51.7. The van der Waals surface area contributed by atoms with Gasteiger partial charge in [0.25, 0.3) is 0 Å². The average Bonchev–Trinajstić information content (AvgIpc) is 3.25. The number of unbranched alkanes of at least 4 members (excludes halogenated alkanes) is 45. The lowest BCUT2D eigenvalue weighted by Gasteiger charge is -2.20. The van der Waals surface area contributed by atoms with Crippen molar-refractivity contribution in [3.63, 3.8) is 0 Å². The molecule has 4 heteroatoms. The van der Waals surface area contributed by atoms with Gasteiger partial charge in [-0.15, -0.1) is 0 Å². The highest BCUT2D eigenvalue weighted by Crippen LogP contribution is 2.18. The number of allylic oxidation sites excluding steroid dienone is 1. The molecule has 0 heterocycles. The lowest BCUT2D eigenvalue weighted by atomic mass is 10.0. The number of rotatable bonds is 52. The average molecular weight is 847 g/mol. The Hall–Kier alpha value is -0.870. The predicted molar refractivity (Wildman–Crippen MR) is 267 cm³/mol. The quantitative estimate of drug-likeness (QED) is 0.0422. The number of hydrogen-bond donors (Lipinski definition) is 3. The summed E-state index contributed by atoms with van der Waals surface area (Å²) < 4.78 is 0. The Morgan fingerprint density at radius 3 is 0.867 bits per heavy atom. The molecule has 0 aliphatic rings. The van der Waals surface area contributed by atoms with Gasteiger partial charge in [0.2, 0.25) is 5.91 Å². The maximum absolute atomic E-state index is 12.5. The molecule has 4 nitrogen and oxygen atoms in total. The molecule has 0 spiro atoms. The van der Waals surface area contributed by atoms with Gasteiger partial charge in [0.05, 0.1) is 18.8 Å². The molecular weight excluding hydrogens is 735 g/mol. The number of aliphatic hydroxyl groups excluding tert-OH is 2. The van der Waals surface area contributed by atoms with Gasteiger partial charge in [0.1, 0.15) is 0 Å². The Balaban J connectivity index is 3.45. The minimum atomic E-state index is -0.835. The van der Waals surface area contributed by atoms with E-state index in [0.29, 0.717) is 6.42 Å². The first kappa shape index (κ1) is 59.1. The molecule has 2 unspecified atom stereocenters. The fourth-order valence-corrected chi connectivity index (χ4v) is 9.01. The number of nitrogens with one attached hydrogen (secondary N) is 1. The molecule has 1 amide bonds. The summed E-state index contributed by atoms with van der Waals surface area (Å²) in [6, 6.07) is -0.618. The zero-order chi connectivity index (χ0) is 43.5. The number of carbonyl (C=O) groups excluding carboxylic acids is 1. The van der Waals surface area contributed by atoms with Gasteiger partial charge >= 0.3 is 0 Å². The van der Waals surface area contributed by atoms with Crippen molar-refractivity contribution >= 4 is 5.91 Å². The van der Waals surface area contributed by atoms with Crippen LogP contribution >= 0.6 is 0 Å². The van der Waals surface area contributed by atoms with Crippen LogP contribution in [-0.4, -0.2) is 34.9 Å². The topological polar surface area (TPSA) is 69.6 Å². The van der Waals surface area contributed by atoms with Crippen LogP contribution in [0.3, 0.4) is 0 Å². The summed E-state index contributed by atoms with van der Waals surface area (Å²) in [5.41, 5.74) is 0. The molecule has 0 aliphatic carbocycles. The van der Waals surface area contributed by atoms with Crippen molar-refractivity contribution in [3.05, 3.63) is 12.2 Å². The molecule has 0 aromatic rings. The van der Waals surface area contributed by atoms with Crippen molar-refractivity contribution in [3.8, 4) is 0 Å². The molecule has 60 heavy (non-hydrogen) atoms. The van der Waals surface area contributed by atoms with Crippen molar-refractivity contribution in [1.82, 2.24) is 5.32 Å². The fourth-order valence-electron chi connectivity index (χ4n) is 9.01. The normalized spacial score (nSPS) is 12.8. The molecule has 0 radical (unpaired) electrons. The van der Waals surface area contributed by atoms with E-state index >= 15 is 0 Å². The Morgan fingerprint density at radius 1 is 0.383 bits per heavy atom. The van der Waals surface area contributed by atoms with Gasteiger partial charge in [0, 0.05) is 6.42 Å². The summed E-state index contributed by atoms with van der Waals surface area (Å²) in [6.45, 7) is 4.35. The van der Waals surface area contributed by atoms with Gasteiger partial charge < -0.3 is 15.5 Å². The highest BCUT2D eigenvalue weighted by Gasteiger charge is 2.18. The second kappa shape index (κ2) is 52.5. The van der Waals surface area contributed by atoms with Crippen LogP contribution in [0.4, 0.5) is 0 Å². The summed E-state index contributed by atoms with van der Waals surface area (Å²) in [4.78, 5) is 12.5. The van der Waals surface area contributed by atoms with E-state index in [4.69, 9.17) is 0 Å². The van der Waals surface area contributed by atoms with Gasteiger partial charge in [-0.3, -0.25) is 4.79 Å². The molecule has 0 aromatic carbocycles. The minimum absolute atomic E-state index is 0.0558. The van der Waals surface area contributed by atoms with Crippen LogP contribution in [0.25, 0.3) is 0 Å². The number of hydrogen-bond acceptors (Lipinski definition) is 3. The fraction of sp³-hybridized carbons (Fsp3) is 0.946. The van der Waals surface area contributed by atoms with Crippen LogP contribution in [0.1, 0.15) is 322 Å². The molecule has 0 fully saturated rings. The van der Waals surface area contributed by atoms with Crippen LogP contribution in [0.5, 0.6) is 0 Å². The largest absolute Gasteiger partial charge is 0.394 e. The first-order chi connectivity index (χ1) is 29.7. The Bertz CT molecular complexity index is 829. The molecular formula is C56H111NO3. The third-order valence-corrected chi connectivity index (χ3v) is 13.3. The van der Waals surface area contributed by atoms with Crippen molar-refractivity contribution < 1.29 is 15.0 Å². The molecule has 2 atom stereocenters. The van der Waals surface area contributed by atoms with Crippen LogP contribution in [0.2, 0.25) is 0 Å². The highest BCUT2D eigenvalue weighted by molar-refractivity contribution is 5.76. The molecule has 0 saturated carbocycles. The number of amides is 1. The second-order valence-electron chi connectivity index (χ2n) is 19.4. The Labute approximate surface area is 377 Å². The first-order valence-corrected chi connectivity index (χ1v) is 27.9. The van der Waals surface area contributed by atoms with Crippen molar-refractivity contribution in [2.45, 2.75) is 334 Å². The van der Waals surface area contributed by atoms with Crippen molar-refractivity contribution in [2.75, 3.05) is 6.61 Å². The molecule has 358 valence electrons. The lowest BCUT2D eigenvalue weighted by molar-refractivity contribution is -0.123. The van der Waals surface area contributed by atoms with Gasteiger partial charge in [-0.1, -0.05) is 309 Å². The minimum Gasteiger partial charge on any atom is -0.394 e. The lowest BCUT2D eigenvalue weighted by Crippen LogP contribution is -2.45. The van der Waals surface area contributed by atoms with Crippen molar-refractivity contribution in [2.24, 2.45) is 0 Å².